The lowest BCUT2D eigenvalue weighted by Gasteiger charge is -2.43. The van der Waals surface area contributed by atoms with E-state index in [0.29, 0.717) is 5.92 Å². The Morgan fingerprint density at radius 1 is 1.36 bits per heavy atom. The van der Waals surface area contributed by atoms with Gasteiger partial charge in [0.25, 0.3) is 0 Å². The zero-order valence-electron chi connectivity index (χ0n) is 8.96. The molecule has 0 saturated heterocycles. The Morgan fingerprint density at radius 3 is 2.57 bits per heavy atom. The van der Waals surface area contributed by atoms with E-state index in [-0.39, 0.29) is 0 Å². The van der Waals surface area contributed by atoms with Gasteiger partial charge in [0.05, 0.1) is 5.60 Å². The molecule has 1 saturated carbocycles. The molecule has 76 valence electrons. The molecule has 0 bridgehead atoms. The van der Waals surface area contributed by atoms with E-state index in [1.54, 1.807) is 0 Å². The topological polar surface area (TPSA) is 20.2 Å². The number of aliphatic hydroxyl groups is 1. The maximum atomic E-state index is 10.4. The minimum Gasteiger partial charge on any atom is -0.385 e. The zero-order chi connectivity index (χ0) is 10.2. The molecule has 0 heterocycles. The van der Waals surface area contributed by atoms with Gasteiger partial charge in [-0.1, -0.05) is 38.1 Å². The van der Waals surface area contributed by atoms with Crippen LogP contribution in [0.2, 0.25) is 0 Å². The van der Waals surface area contributed by atoms with Gasteiger partial charge in [-0.25, -0.2) is 0 Å². The van der Waals surface area contributed by atoms with Crippen LogP contribution in [-0.4, -0.2) is 5.11 Å². The Kier molecular flexibility index (Phi) is 2.36. The highest BCUT2D eigenvalue weighted by atomic mass is 16.3. The fourth-order valence-corrected chi connectivity index (χ4v) is 2.60. The number of hydrogen-bond acceptors (Lipinski definition) is 1. The number of benzene rings is 1. The molecule has 1 aliphatic rings. The maximum Gasteiger partial charge on any atom is 0.0904 e. The van der Waals surface area contributed by atoms with Crippen molar-refractivity contribution in [1.82, 2.24) is 0 Å². The number of aryl methyl sites for hydroxylation is 1. The predicted molar refractivity (Wildman–Crippen MR) is 58.1 cm³/mol. The Bertz CT molecular complexity index is 324. The first-order chi connectivity index (χ1) is 6.65. The molecule has 14 heavy (non-hydrogen) atoms. The van der Waals surface area contributed by atoms with E-state index in [0.717, 1.165) is 24.8 Å². The molecule has 0 unspecified atom stereocenters. The quantitative estimate of drug-likeness (QED) is 0.760. The van der Waals surface area contributed by atoms with Gasteiger partial charge < -0.3 is 5.11 Å². The van der Waals surface area contributed by atoms with Crippen molar-refractivity contribution in [2.45, 2.75) is 38.7 Å². The summed E-state index contributed by atoms with van der Waals surface area (Å²) in [6.07, 6.45) is 2.85. The van der Waals surface area contributed by atoms with Crippen molar-refractivity contribution in [2.24, 2.45) is 5.92 Å². The Morgan fingerprint density at radius 2 is 2.00 bits per heavy atom. The van der Waals surface area contributed by atoms with Crippen molar-refractivity contribution in [3.05, 3.63) is 35.4 Å². The average molecular weight is 190 g/mol. The van der Waals surface area contributed by atoms with E-state index in [2.05, 4.69) is 26.0 Å². The summed E-state index contributed by atoms with van der Waals surface area (Å²) in [5.41, 5.74) is 1.92. The largest absolute Gasteiger partial charge is 0.385 e. The predicted octanol–water partition coefficient (Wildman–Crippen LogP) is 2.87. The van der Waals surface area contributed by atoms with Gasteiger partial charge >= 0.3 is 0 Å². The minimum absolute atomic E-state index is 0.522. The molecule has 1 nitrogen and oxygen atoms in total. The second-order valence-corrected chi connectivity index (χ2v) is 4.56. The van der Waals surface area contributed by atoms with E-state index >= 15 is 0 Å². The lowest BCUT2D eigenvalue weighted by atomic mass is 9.67. The highest BCUT2D eigenvalue weighted by Crippen LogP contribution is 2.46. The fourth-order valence-electron chi connectivity index (χ4n) is 2.60. The summed E-state index contributed by atoms with van der Waals surface area (Å²) >= 11 is 0. The molecule has 1 aromatic carbocycles. The van der Waals surface area contributed by atoms with Crippen molar-refractivity contribution in [3.8, 4) is 0 Å². The zero-order valence-corrected chi connectivity index (χ0v) is 8.96. The van der Waals surface area contributed by atoms with Gasteiger partial charge in [0, 0.05) is 0 Å². The van der Waals surface area contributed by atoms with Crippen LogP contribution in [0.15, 0.2) is 24.3 Å². The molecule has 1 heteroatoms. The summed E-state index contributed by atoms with van der Waals surface area (Å²) in [6, 6.07) is 8.27. The van der Waals surface area contributed by atoms with Gasteiger partial charge in [0.1, 0.15) is 0 Å². The first-order valence-corrected chi connectivity index (χ1v) is 5.46. The second-order valence-electron chi connectivity index (χ2n) is 4.56. The molecular weight excluding hydrogens is 172 g/mol. The average Bonchev–Trinajstić information content (AvgIpc) is 2.15. The highest BCUT2D eigenvalue weighted by molar-refractivity contribution is 5.34. The SMILES string of the molecule is CCc1ccccc1C1(O)CC(C)C1. The van der Waals surface area contributed by atoms with Crippen LogP contribution in [0.3, 0.4) is 0 Å². The summed E-state index contributed by atoms with van der Waals surface area (Å²) < 4.78 is 0. The molecule has 1 aromatic rings. The van der Waals surface area contributed by atoms with E-state index in [1.807, 2.05) is 12.1 Å². The summed E-state index contributed by atoms with van der Waals surface area (Å²) in [7, 11) is 0. The third kappa shape index (κ3) is 1.46. The van der Waals surface area contributed by atoms with Crippen LogP contribution >= 0.6 is 0 Å². The summed E-state index contributed by atoms with van der Waals surface area (Å²) in [4.78, 5) is 0. The van der Waals surface area contributed by atoms with Crippen LogP contribution in [0.4, 0.5) is 0 Å². The highest BCUT2D eigenvalue weighted by Gasteiger charge is 2.42. The van der Waals surface area contributed by atoms with E-state index < -0.39 is 5.60 Å². The van der Waals surface area contributed by atoms with Crippen molar-refractivity contribution in [1.29, 1.82) is 0 Å². The second kappa shape index (κ2) is 3.39. The molecular formula is C13H18O. The molecule has 1 aliphatic carbocycles. The Hall–Kier alpha value is -0.820. The fraction of sp³-hybridized carbons (Fsp3) is 0.538. The van der Waals surface area contributed by atoms with E-state index in [1.165, 1.54) is 5.56 Å². The van der Waals surface area contributed by atoms with Gasteiger partial charge in [0.15, 0.2) is 0 Å². The summed E-state index contributed by atoms with van der Waals surface area (Å²) in [5, 5.41) is 10.4. The lowest BCUT2D eigenvalue weighted by Crippen LogP contribution is -2.40. The van der Waals surface area contributed by atoms with Crippen LogP contribution in [0.25, 0.3) is 0 Å². The van der Waals surface area contributed by atoms with Crippen molar-refractivity contribution in [2.75, 3.05) is 0 Å². The first kappa shape index (κ1) is 9.72. The molecule has 0 amide bonds. The smallest absolute Gasteiger partial charge is 0.0904 e. The van der Waals surface area contributed by atoms with Gasteiger partial charge in [0.2, 0.25) is 0 Å². The normalized spacial score (nSPS) is 31.2. The van der Waals surface area contributed by atoms with Gasteiger partial charge in [-0.3, -0.25) is 0 Å². The molecule has 0 atom stereocenters. The van der Waals surface area contributed by atoms with Crippen LogP contribution in [0.1, 0.15) is 37.8 Å². The minimum atomic E-state index is -0.522. The monoisotopic (exact) mass is 190 g/mol. The van der Waals surface area contributed by atoms with Crippen LogP contribution in [-0.2, 0) is 12.0 Å². The Labute approximate surface area is 85.8 Å². The summed E-state index contributed by atoms with van der Waals surface area (Å²) in [5.74, 6) is 0.671. The molecule has 0 aromatic heterocycles. The van der Waals surface area contributed by atoms with E-state index in [4.69, 9.17) is 0 Å². The molecule has 2 rings (SSSR count). The molecule has 0 spiro atoms. The van der Waals surface area contributed by atoms with Crippen LogP contribution < -0.4 is 0 Å². The number of rotatable bonds is 2. The van der Waals surface area contributed by atoms with Crippen LogP contribution in [0, 0.1) is 5.92 Å². The maximum absolute atomic E-state index is 10.4. The standard InChI is InChI=1S/C13H18O/c1-3-11-6-4-5-7-12(11)13(14)8-10(2)9-13/h4-7,10,14H,3,8-9H2,1-2H3. The lowest BCUT2D eigenvalue weighted by molar-refractivity contribution is -0.0744. The van der Waals surface area contributed by atoms with Gasteiger partial charge in [-0.05, 0) is 36.3 Å². The summed E-state index contributed by atoms with van der Waals surface area (Å²) in [6.45, 7) is 4.34. The Balaban J connectivity index is 2.32. The molecule has 0 radical (unpaired) electrons. The van der Waals surface area contributed by atoms with E-state index in [9.17, 15) is 5.11 Å². The van der Waals surface area contributed by atoms with Crippen molar-refractivity contribution in [3.63, 3.8) is 0 Å². The van der Waals surface area contributed by atoms with Crippen molar-refractivity contribution >= 4 is 0 Å². The first-order valence-electron chi connectivity index (χ1n) is 5.46. The van der Waals surface area contributed by atoms with Gasteiger partial charge in [-0.15, -0.1) is 0 Å². The third-order valence-electron chi connectivity index (χ3n) is 3.27. The molecule has 0 aliphatic heterocycles. The molecule has 1 fully saturated rings. The third-order valence-corrected chi connectivity index (χ3v) is 3.27. The molecule has 1 N–H and O–H groups in total. The number of hydrogen-bond donors (Lipinski definition) is 1. The van der Waals surface area contributed by atoms with Gasteiger partial charge in [-0.2, -0.15) is 0 Å². The van der Waals surface area contributed by atoms with Crippen LogP contribution in [0.5, 0.6) is 0 Å². The van der Waals surface area contributed by atoms with Crippen molar-refractivity contribution < 1.29 is 5.11 Å².